The lowest BCUT2D eigenvalue weighted by atomic mass is 10.1. The van der Waals surface area contributed by atoms with Crippen LogP contribution in [0, 0.1) is 11.6 Å². The van der Waals surface area contributed by atoms with Crippen LogP contribution in [0.3, 0.4) is 0 Å². The van der Waals surface area contributed by atoms with E-state index in [-0.39, 0.29) is 18.8 Å². The number of hydrogen-bond donors (Lipinski definition) is 2. The Bertz CT molecular complexity index is 386. The molecule has 0 bridgehead atoms. The molecule has 1 unspecified atom stereocenters. The number of hydrogen-bond acceptors (Lipinski definition) is 3. The summed E-state index contributed by atoms with van der Waals surface area (Å²) in [4.78, 5) is 11.7. The van der Waals surface area contributed by atoms with Crippen LogP contribution in [0.5, 0.6) is 0 Å². The summed E-state index contributed by atoms with van der Waals surface area (Å²) >= 11 is 0. The fourth-order valence-electron chi connectivity index (χ4n) is 1.51. The number of carbonyl (C=O) groups is 1. The summed E-state index contributed by atoms with van der Waals surface area (Å²) in [5.74, 6) is -2.24. The van der Waals surface area contributed by atoms with Crippen LogP contribution in [0.1, 0.15) is 16.8 Å². The Balaban J connectivity index is 2.73. The van der Waals surface area contributed by atoms with Gasteiger partial charge in [-0.25, -0.2) is 8.78 Å². The van der Waals surface area contributed by atoms with E-state index in [2.05, 4.69) is 5.32 Å². The predicted octanol–water partition coefficient (Wildman–Crippen LogP) is 1.09. The summed E-state index contributed by atoms with van der Waals surface area (Å²) in [6, 6.07) is 2.18. The average molecular weight is 259 g/mol. The minimum Gasteiger partial charge on any atom is -0.396 e. The molecule has 6 heteroatoms. The van der Waals surface area contributed by atoms with Gasteiger partial charge in [-0.15, -0.1) is 0 Å². The van der Waals surface area contributed by atoms with Gasteiger partial charge in [-0.1, -0.05) is 0 Å². The Kier molecular flexibility index (Phi) is 5.67. The highest BCUT2D eigenvalue weighted by molar-refractivity contribution is 5.94. The van der Waals surface area contributed by atoms with Gasteiger partial charge in [0.25, 0.3) is 5.91 Å². The van der Waals surface area contributed by atoms with Gasteiger partial charge in [-0.05, 0) is 18.6 Å². The average Bonchev–Trinajstić information content (AvgIpc) is 2.28. The molecular formula is C12H15F2NO3. The second kappa shape index (κ2) is 7.03. The number of methoxy groups -OCH3 is 1. The minimum absolute atomic E-state index is 0.105. The second-order valence-electron chi connectivity index (χ2n) is 3.80. The van der Waals surface area contributed by atoms with Crippen LogP contribution >= 0.6 is 0 Å². The normalized spacial score (nSPS) is 12.2. The Morgan fingerprint density at radius 1 is 1.39 bits per heavy atom. The molecule has 1 rings (SSSR count). The number of aliphatic hydroxyl groups is 1. The third kappa shape index (κ3) is 4.38. The van der Waals surface area contributed by atoms with Gasteiger partial charge in [0, 0.05) is 25.3 Å². The summed E-state index contributed by atoms with van der Waals surface area (Å²) in [5, 5.41) is 11.3. The first-order chi connectivity index (χ1) is 8.56. The molecule has 1 amide bonds. The molecule has 0 aliphatic rings. The van der Waals surface area contributed by atoms with Crippen LogP contribution in [0.15, 0.2) is 18.2 Å². The zero-order valence-corrected chi connectivity index (χ0v) is 9.95. The molecule has 0 saturated carbocycles. The molecule has 0 aromatic heterocycles. The molecule has 0 spiro atoms. The Hall–Kier alpha value is -1.53. The zero-order valence-electron chi connectivity index (χ0n) is 9.95. The smallest absolute Gasteiger partial charge is 0.251 e. The molecule has 4 nitrogen and oxygen atoms in total. The number of aliphatic hydroxyl groups excluding tert-OH is 1. The summed E-state index contributed by atoms with van der Waals surface area (Å²) < 4.78 is 30.7. The van der Waals surface area contributed by atoms with E-state index in [1.54, 1.807) is 0 Å². The Morgan fingerprint density at radius 2 is 2.00 bits per heavy atom. The first-order valence-corrected chi connectivity index (χ1v) is 5.43. The number of carbonyl (C=O) groups excluding carboxylic acids is 1. The third-order valence-corrected chi connectivity index (χ3v) is 2.31. The maximum absolute atomic E-state index is 12.9. The highest BCUT2D eigenvalue weighted by atomic mass is 19.1. The Labute approximate surface area is 104 Å². The number of benzene rings is 1. The van der Waals surface area contributed by atoms with Crippen molar-refractivity contribution in [1.29, 1.82) is 0 Å². The molecule has 1 aromatic carbocycles. The summed E-state index contributed by atoms with van der Waals surface area (Å²) in [6.07, 6.45) is 0.303. The van der Waals surface area contributed by atoms with E-state index in [0.29, 0.717) is 12.5 Å². The van der Waals surface area contributed by atoms with E-state index < -0.39 is 23.6 Å². The van der Waals surface area contributed by atoms with E-state index in [1.807, 2.05) is 0 Å². The molecule has 0 aliphatic heterocycles. The maximum Gasteiger partial charge on any atom is 0.251 e. The molecule has 0 heterocycles. The molecular weight excluding hydrogens is 244 g/mol. The fourth-order valence-corrected chi connectivity index (χ4v) is 1.51. The topological polar surface area (TPSA) is 58.6 Å². The first kappa shape index (κ1) is 14.5. The van der Waals surface area contributed by atoms with Crippen molar-refractivity contribution in [2.24, 2.45) is 0 Å². The van der Waals surface area contributed by atoms with Gasteiger partial charge in [-0.3, -0.25) is 4.79 Å². The second-order valence-corrected chi connectivity index (χ2v) is 3.80. The molecule has 0 saturated heterocycles. The van der Waals surface area contributed by atoms with Crippen molar-refractivity contribution in [3.63, 3.8) is 0 Å². The molecule has 1 aromatic rings. The van der Waals surface area contributed by atoms with Crippen molar-refractivity contribution in [3.05, 3.63) is 35.4 Å². The lowest BCUT2D eigenvalue weighted by Crippen LogP contribution is -2.38. The number of rotatable bonds is 6. The molecule has 100 valence electrons. The van der Waals surface area contributed by atoms with Gasteiger partial charge in [-0.2, -0.15) is 0 Å². The maximum atomic E-state index is 12.9. The third-order valence-electron chi connectivity index (χ3n) is 2.31. The SMILES string of the molecule is COCC(CCO)NC(=O)c1cc(F)cc(F)c1. The number of halogens is 2. The highest BCUT2D eigenvalue weighted by Crippen LogP contribution is 2.08. The van der Waals surface area contributed by atoms with Gasteiger partial charge in [0.15, 0.2) is 0 Å². The fraction of sp³-hybridized carbons (Fsp3) is 0.417. The van der Waals surface area contributed by atoms with E-state index in [1.165, 1.54) is 7.11 Å². The van der Waals surface area contributed by atoms with E-state index in [4.69, 9.17) is 9.84 Å². The molecule has 18 heavy (non-hydrogen) atoms. The quantitative estimate of drug-likeness (QED) is 0.804. The molecule has 0 radical (unpaired) electrons. The van der Waals surface area contributed by atoms with Crippen LogP contribution in [0.25, 0.3) is 0 Å². The van der Waals surface area contributed by atoms with Gasteiger partial charge < -0.3 is 15.2 Å². The van der Waals surface area contributed by atoms with Gasteiger partial charge >= 0.3 is 0 Å². The monoisotopic (exact) mass is 259 g/mol. The summed E-state index contributed by atoms with van der Waals surface area (Å²) in [7, 11) is 1.46. The Morgan fingerprint density at radius 3 is 2.50 bits per heavy atom. The summed E-state index contributed by atoms with van der Waals surface area (Å²) in [5.41, 5.74) is -0.105. The minimum atomic E-state index is -0.814. The van der Waals surface area contributed by atoms with E-state index >= 15 is 0 Å². The lowest BCUT2D eigenvalue weighted by Gasteiger charge is -2.16. The van der Waals surface area contributed by atoms with Gasteiger partial charge in [0.05, 0.1) is 12.6 Å². The van der Waals surface area contributed by atoms with Crippen molar-refractivity contribution >= 4 is 5.91 Å². The summed E-state index contributed by atoms with van der Waals surface area (Å²) in [6.45, 7) is 0.0932. The van der Waals surface area contributed by atoms with Crippen molar-refractivity contribution in [2.45, 2.75) is 12.5 Å². The van der Waals surface area contributed by atoms with Crippen LogP contribution < -0.4 is 5.32 Å². The van der Waals surface area contributed by atoms with Crippen LogP contribution in [0.4, 0.5) is 8.78 Å². The van der Waals surface area contributed by atoms with Crippen molar-refractivity contribution in [1.82, 2.24) is 5.32 Å². The zero-order chi connectivity index (χ0) is 13.5. The van der Waals surface area contributed by atoms with Gasteiger partial charge in [0.2, 0.25) is 0 Å². The largest absolute Gasteiger partial charge is 0.396 e. The molecule has 2 N–H and O–H groups in total. The highest BCUT2D eigenvalue weighted by Gasteiger charge is 2.14. The number of ether oxygens (including phenoxy) is 1. The molecule has 1 atom stereocenters. The van der Waals surface area contributed by atoms with Crippen LogP contribution in [-0.4, -0.2) is 37.4 Å². The molecule has 0 aliphatic carbocycles. The molecule has 0 fully saturated rings. The van der Waals surface area contributed by atoms with Crippen molar-refractivity contribution in [3.8, 4) is 0 Å². The number of amides is 1. The van der Waals surface area contributed by atoms with Crippen molar-refractivity contribution < 1.29 is 23.4 Å². The van der Waals surface area contributed by atoms with E-state index in [9.17, 15) is 13.6 Å². The standard InChI is InChI=1S/C12H15F2NO3/c1-18-7-11(2-3-16)15-12(17)8-4-9(13)6-10(14)5-8/h4-6,11,16H,2-3,7H2,1H3,(H,15,17). The first-order valence-electron chi connectivity index (χ1n) is 5.43. The number of nitrogens with one attached hydrogen (secondary N) is 1. The van der Waals surface area contributed by atoms with Crippen molar-refractivity contribution in [2.75, 3.05) is 20.3 Å². The predicted molar refractivity (Wildman–Crippen MR) is 61.2 cm³/mol. The van der Waals surface area contributed by atoms with Gasteiger partial charge in [0.1, 0.15) is 11.6 Å². The van der Waals surface area contributed by atoms with E-state index in [0.717, 1.165) is 12.1 Å². The van der Waals surface area contributed by atoms with Crippen LogP contribution in [0.2, 0.25) is 0 Å². The lowest BCUT2D eigenvalue weighted by molar-refractivity contribution is 0.0878. The van der Waals surface area contributed by atoms with Crippen LogP contribution in [-0.2, 0) is 4.74 Å².